The second kappa shape index (κ2) is 6.02. The van der Waals surface area contributed by atoms with E-state index >= 15 is 0 Å². The van der Waals surface area contributed by atoms with Gasteiger partial charge in [-0.2, -0.15) is 5.26 Å². The number of nitriles is 1. The summed E-state index contributed by atoms with van der Waals surface area (Å²) in [6, 6.07) is 2.89. The van der Waals surface area contributed by atoms with E-state index < -0.39 is 0 Å². The van der Waals surface area contributed by atoms with Gasteiger partial charge in [0.2, 0.25) is 5.91 Å². The molecule has 0 aromatic carbocycles. The Bertz CT molecular complexity index is 304. The van der Waals surface area contributed by atoms with E-state index in [0.717, 1.165) is 19.3 Å². The summed E-state index contributed by atoms with van der Waals surface area (Å²) in [7, 11) is 0. The number of rotatable bonds is 4. The van der Waals surface area contributed by atoms with Crippen LogP contribution in [0.15, 0.2) is 0 Å². The lowest BCUT2D eigenvalue weighted by Crippen LogP contribution is -2.43. The molecule has 1 amide bonds. The van der Waals surface area contributed by atoms with Crippen LogP contribution in [0.1, 0.15) is 44.9 Å². The van der Waals surface area contributed by atoms with Gasteiger partial charge in [0.25, 0.3) is 0 Å². The number of amides is 1. The Morgan fingerprint density at radius 1 is 1.18 bits per heavy atom. The van der Waals surface area contributed by atoms with E-state index in [1.807, 2.05) is 0 Å². The van der Waals surface area contributed by atoms with Crippen molar-refractivity contribution in [3.8, 4) is 6.07 Å². The van der Waals surface area contributed by atoms with Crippen LogP contribution in [-0.2, 0) is 4.79 Å². The van der Waals surface area contributed by atoms with Crippen LogP contribution in [-0.4, -0.2) is 24.5 Å². The standard InChI is InChI=1S/C13H21N3O/c14-8-10-4-3-7-12(10)16-13(17)9-15-11-5-1-2-6-11/h10-12,15H,1-7,9H2,(H,16,17). The summed E-state index contributed by atoms with van der Waals surface area (Å²) in [5, 5.41) is 15.2. The Hall–Kier alpha value is -1.08. The van der Waals surface area contributed by atoms with E-state index in [2.05, 4.69) is 16.7 Å². The van der Waals surface area contributed by atoms with Gasteiger partial charge in [0.05, 0.1) is 18.5 Å². The fourth-order valence-corrected chi connectivity index (χ4v) is 2.91. The van der Waals surface area contributed by atoms with Crippen LogP contribution in [0.3, 0.4) is 0 Å². The molecule has 2 unspecified atom stereocenters. The number of nitrogens with one attached hydrogen (secondary N) is 2. The predicted molar refractivity (Wildman–Crippen MR) is 65.1 cm³/mol. The van der Waals surface area contributed by atoms with Crippen LogP contribution in [0.4, 0.5) is 0 Å². The SMILES string of the molecule is N#CC1CCCC1NC(=O)CNC1CCCC1. The molecule has 2 aliphatic rings. The van der Waals surface area contributed by atoms with Crippen LogP contribution in [0.2, 0.25) is 0 Å². The molecule has 0 aromatic heterocycles. The molecule has 0 heterocycles. The van der Waals surface area contributed by atoms with Gasteiger partial charge in [0.1, 0.15) is 0 Å². The Morgan fingerprint density at radius 2 is 1.94 bits per heavy atom. The van der Waals surface area contributed by atoms with E-state index in [9.17, 15) is 4.79 Å². The Labute approximate surface area is 103 Å². The van der Waals surface area contributed by atoms with Crippen molar-refractivity contribution in [1.29, 1.82) is 5.26 Å². The van der Waals surface area contributed by atoms with Crippen molar-refractivity contribution < 1.29 is 4.79 Å². The topological polar surface area (TPSA) is 64.9 Å². The second-order valence-electron chi connectivity index (χ2n) is 5.20. The molecule has 2 fully saturated rings. The van der Waals surface area contributed by atoms with Crippen molar-refractivity contribution in [2.75, 3.05) is 6.54 Å². The molecule has 0 aromatic rings. The average Bonchev–Trinajstić information content (AvgIpc) is 2.97. The number of carbonyl (C=O) groups excluding carboxylic acids is 1. The molecule has 4 nitrogen and oxygen atoms in total. The van der Waals surface area contributed by atoms with Crippen molar-refractivity contribution in [3.63, 3.8) is 0 Å². The van der Waals surface area contributed by atoms with Gasteiger partial charge >= 0.3 is 0 Å². The van der Waals surface area contributed by atoms with Gasteiger partial charge in [-0.15, -0.1) is 0 Å². The lowest BCUT2D eigenvalue weighted by molar-refractivity contribution is -0.121. The highest BCUT2D eigenvalue weighted by atomic mass is 16.2. The minimum absolute atomic E-state index is 0.0189. The van der Waals surface area contributed by atoms with Crippen LogP contribution >= 0.6 is 0 Å². The molecule has 2 N–H and O–H groups in total. The summed E-state index contributed by atoms with van der Waals surface area (Å²) >= 11 is 0. The summed E-state index contributed by atoms with van der Waals surface area (Å²) in [5.41, 5.74) is 0. The minimum atomic E-state index is 0.0189. The van der Waals surface area contributed by atoms with Crippen LogP contribution in [0.25, 0.3) is 0 Å². The third-order valence-corrected chi connectivity index (χ3v) is 3.93. The fourth-order valence-electron chi connectivity index (χ4n) is 2.91. The molecule has 0 bridgehead atoms. The van der Waals surface area contributed by atoms with Gasteiger partial charge in [-0.25, -0.2) is 0 Å². The van der Waals surface area contributed by atoms with Crippen molar-refractivity contribution in [2.24, 2.45) is 5.92 Å². The maximum Gasteiger partial charge on any atom is 0.234 e. The van der Waals surface area contributed by atoms with E-state index in [0.29, 0.717) is 12.6 Å². The Kier molecular flexibility index (Phi) is 4.38. The van der Waals surface area contributed by atoms with Crippen molar-refractivity contribution >= 4 is 5.91 Å². The molecular formula is C13H21N3O. The summed E-state index contributed by atoms with van der Waals surface area (Å²) < 4.78 is 0. The fraction of sp³-hybridized carbons (Fsp3) is 0.846. The van der Waals surface area contributed by atoms with E-state index in [1.165, 1.54) is 25.7 Å². The van der Waals surface area contributed by atoms with E-state index in [4.69, 9.17) is 5.26 Å². The molecule has 2 atom stereocenters. The maximum atomic E-state index is 11.7. The molecule has 4 heteroatoms. The summed E-state index contributed by atoms with van der Waals surface area (Å²) in [6.45, 7) is 0.402. The highest BCUT2D eigenvalue weighted by Crippen LogP contribution is 2.24. The predicted octanol–water partition coefficient (Wildman–Crippen LogP) is 1.33. The number of nitrogens with zero attached hydrogens (tertiary/aromatic N) is 1. The summed E-state index contributed by atoms with van der Waals surface area (Å²) in [5.74, 6) is 0.0643. The van der Waals surface area contributed by atoms with Gasteiger partial charge in [-0.1, -0.05) is 12.8 Å². The number of hydrogen-bond acceptors (Lipinski definition) is 3. The lowest BCUT2D eigenvalue weighted by Gasteiger charge is -2.17. The molecule has 2 rings (SSSR count). The van der Waals surface area contributed by atoms with E-state index in [-0.39, 0.29) is 17.9 Å². The largest absolute Gasteiger partial charge is 0.351 e. The monoisotopic (exact) mass is 235 g/mol. The molecular weight excluding hydrogens is 214 g/mol. The van der Waals surface area contributed by atoms with Crippen LogP contribution < -0.4 is 10.6 Å². The van der Waals surface area contributed by atoms with Gasteiger partial charge in [-0.3, -0.25) is 4.79 Å². The van der Waals surface area contributed by atoms with Crippen LogP contribution in [0.5, 0.6) is 0 Å². The molecule has 0 spiro atoms. The highest BCUT2D eigenvalue weighted by Gasteiger charge is 2.28. The first-order valence-electron chi connectivity index (χ1n) is 6.72. The molecule has 17 heavy (non-hydrogen) atoms. The maximum absolute atomic E-state index is 11.7. The summed E-state index contributed by atoms with van der Waals surface area (Å²) in [4.78, 5) is 11.7. The number of carbonyl (C=O) groups is 1. The third-order valence-electron chi connectivity index (χ3n) is 3.93. The van der Waals surface area contributed by atoms with Crippen molar-refractivity contribution in [2.45, 2.75) is 57.0 Å². The molecule has 0 aliphatic heterocycles. The molecule has 94 valence electrons. The van der Waals surface area contributed by atoms with Gasteiger partial charge in [-0.05, 0) is 32.1 Å². The van der Waals surface area contributed by atoms with Gasteiger partial charge in [0, 0.05) is 12.1 Å². The van der Waals surface area contributed by atoms with Gasteiger partial charge in [0.15, 0.2) is 0 Å². The smallest absolute Gasteiger partial charge is 0.234 e. The zero-order valence-electron chi connectivity index (χ0n) is 10.2. The first-order valence-corrected chi connectivity index (χ1v) is 6.72. The summed E-state index contributed by atoms with van der Waals surface area (Å²) in [6.07, 6.45) is 7.87. The highest BCUT2D eigenvalue weighted by molar-refractivity contribution is 5.78. The zero-order valence-corrected chi connectivity index (χ0v) is 10.2. The Morgan fingerprint density at radius 3 is 2.65 bits per heavy atom. The first kappa shape index (κ1) is 12.4. The second-order valence-corrected chi connectivity index (χ2v) is 5.20. The Balaban J connectivity index is 1.68. The number of hydrogen-bond donors (Lipinski definition) is 2. The third kappa shape index (κ3) is 3.44. The first-order chi connectivity index (χ1) is 8.29. The zero-order chi connectivity index (χ0) is 12.1. The molecule has 2 saturated carbocycles. The van der Waals surface area contributed by atoms with Crippen molar-refractivity contribution in [1.82, 2.24) is 10.6 Å². The molecule has 2 aliphatic carbocycles. The molecule has 0 radical (unpaired) electrons. The van der Waals surface area contributed by atoms with Crippen molar-refractivity contribution in [3.05, 3.63) is 0 Å². The minimum Gasteiger partial charge on any atom is -0.351 e. The molecule has 0 saturated heterocycles. The van der Waals surface area contributed by atoms with Crippen LogP contribution in [0, 0.1) is 17.2 Å². The lowest BCUT2D eigenvalue weighted by atomic mass is 10.1. The van der Waals surface area contributed by atoms with Gasteiger partial charge < -0.3 is 10.6 Å². The van der Waals surface area contributed by atoms with E-state index in [1.54, 1.807) is 0 Å². The average molecular weight is 235 g/mol. The normalized spacial score (nSPS) is 29.1. The quantitative estimate of drug-likeness (QED) is 0.772.